The first kappa shape index (κ1) is 14.9. The minimum atomic E-state index is 0.217. The molecule has 0 bridgehead atoms. The maximum atomic E-state index is 3.89. The molecule has 6 atom stereocenters. The van der Waals surface area contributed by atoms with Crippen LogP contribution >= 0.6 is 0 Å². The highest BCUT2D eigenvalue weighted by Gasteiger charge is 2.47. The number of nitrogens with zero attached hydrogens (tertiary/aromatic N) is 1. The fourth-order valence-electron chi connectivity index (χ4n) is 4.06. The van der Waals surface area contributed by atoms with Crippen LogP contribution in [0.4, 0.5) is 5.69 Å². The molecule has 3 radical (unpaired) electrons. The van der Waals surface area contributed by atoms with E-state index in [1.165, 1.54) is 17.7 Å². The van der Waals surface area contributed by atoms with Gasteiger partial charge in [-0.1, -0.05) is 45.6 Å². The van der Waals surface area contributed by atoms with Crippen molar-refractivity contribution in [3.05, 3.63) is 36.4 Å². The molecule has 2 nitrogen and oxygen atoms in total. The van der Waals surface area contributed by atoms with Gasteiger partial charge in [0.2, 0.25) is 0 Å². The fraction of sp³-hybridized carbons (Fsp3) is 0.556. The second kappa shape index (κ2) is 5.62. The topological polar surface area (TPSA) is 15.3 Å². The van der Waals surface area contributed by atoms with Crippen LogP contribution in [0.2, 0.25) is 0 Å². The van der Waals surface area contributed by atoms with Crippen molar-refractivity contribution in [1.29, 1.82) is 0 Å². The van der Waals surface area contributed by atoms with Crippen molar-refractivity contribution < 1.29 is 0 Å². The molecule has 0 spiro atoms. The molecule has 1 heterocycles. The second-order valence-corrected chi connectivity index (χ2v) is 7.34. The van der Waals surface area contributed by atoms with Crippen LogP contribution in [0, 0.1) is 17.8 Å². The van der Waals surface area contributed by atoms with Crippen molar-refractivity contribution in [2.75, 3.05) is 4.90 Å². The summed E-state index contributed by atoms with van der Waals surface area (Å²) < 4.78 is 0. The number of rotatable bonds is 2. The van der Waals surface area contributed by atoms with E-state index in [0.717, 1.165) is 11.8 Å². The molecule has 0 aromatic heterocycles. The zero-order valence-electron chi connectivity index (χ0n) is 13.2. The van der Waals surface area contributed by atoms with Crippen LogP contribution in [-0.2, 0) is 0 Å². The molecule has 3 rings (SSSR count). The number of anilines is 1. The third-order valence-corrected chi connectivity index (χ3v) is 6.18. The number of hydrogen-bond acceptors (Lipinski definition) is 2. The van der Waals surface area contributed by atoms with E-state index in [0.29, 0.717) is 18.0 Å². The van der Waals surface area contributed by atoms with E-state index in [-0.39, 0.29) is 5.79 Å². The van der Waals surface area contributed by atoms with Gasteiger partial charge in [-0.25, -0.2) is 0 Å². The highest BCUT2D eigenvalue weighted by atomic mass is 28.1. The van der Waals surface area contributed by atoms with Gasteiger partial charge in [-0.15, -0.1) is 0 Å². The summed E-state index contributed by atoms with van der Waals surface area (Å²) in [7, 11) is 3.89. The lowest BCUT2D eigenvalue weighted by molar-refractivity contribution is 0.151. The van der Waals surface area contributed by atoms with Gasteiger partial charge in [0.05, 0.1) is 16.0 Å². The molecule has 1 aliphatic heterocycles. The Balaban J connectivity index is 1.89. The Morgan fingerprint density at radius 1 is 1.19 bits per heavy atom. The van der Waals surface area contributed by atoms with Gasteiger partial charge in [-0.3, -0.25) is 5.32 Å². The monoisotopic (exact) mass is 297 g/mol. The Morgan fingerprint density at radius 2 is 1.86 bits per heavy atom. The quantitative estimate of drug-likeness (QED) is 0.843. The fourth-order valence-corrected chi connectivity index (χ4v) is 4.60. The van der Waals surface area contributed by atoms with Gasteiger partial charge in [-0.2, -0.15) is 0 Å². The lowest BCUT2D eigenvalue weighted by atomic mass is 9.70. The van der Waals surface area contributed by atoms with Crippen molar-refractivity contribution in [2.24, 2.45) is 17.8 Å². The molecule has 1 saturated carbocycles. The van der Waals surface area contributed by atoms with Crippen LogP contribution in [0.25, 0.3) is 6.08 Å². The summed E-state index contributed by atoms with van der Waals surface area (Å²) in [6.45, 7) is 11.0. The highest BCUT2D eigenvalue weighted by Crippen LogP contribution is 2.41. The molecule has 111 valence electrons. The first-order valence-corrected chi connectivity index (χ1v) is 8.58. The van der Waals surface area contributed by atoms with Gasteiger partial charge in [0, 0.05) is 17.8 Å². The lowest BCUT2D eigenvalue weighted by Crippen LogP contribution is -2.49. The first-order chi connectivity index (χ1) is 10.0. The van der Waals surface area contributed by atoms with Crippen LogP contribution in [0.3, 0.4) is 0 Å². The van der Waals surface area contributed by atoms with Crippen molar-refractivity contribution in [1.82, 2.24) is 5.32 Å². The average Bonchev–Trinajstić information content (AvgIpc) is 2.81. The molecule has 2 fully saturated rings. The molecule has 1 aromatic rings. The Kier molecular flexibility index (Phi) is 3.97. The number of benzene rings is 1. The summed E-state index contributed by atoms with van der Waals surface area (Å²) >= 11 is 0. The highest BCUT2D eigenvalue weighted by molar-refractivity contribution is 6.13. The second-order valence-electron chi connectivity index (χ2n) is 6.80. The molecule has 3 heteroatoms. The zero-order valence-corrected chi connectivity index (χ0v) is 14.2. The van der Waals surface area contributed by atoms with E-state index >= 15 is 0 Å². The van der Waals surface area contributed by atoms with Crippen LogP contribution in [0.15, 0.2) is 30.8 Å². The summed E-state index contributed by atoms with van der Waals surface area (Å²) in [5.74, 6) is 2.47. The molecular formula is C18H25N2Si. The van der Waals surface area contributed by atoms with Crippen molar-refractivity contribution in [3.63, 3.8) is 0 Å². The van der Waals surface area contributed by atoms with Crippen molar-refractivity contribution >= 4 is 22.0 Å². The maximum absolute atomic E-state index is 3.89. The van der Waals surface area contributed by atoms with Gasteiger partial charge in [-0.05, 0) is 41.9 Å². The minimum absolute atomic E-state index is 0.217. The third kappa shape index (κ3) is 2.47. The van der Waals surface area contributed by atoms with E-state index in [2.05, 4.69) is 72.1 Å². The summed E-state index contributed by atoms with van der Waals surface area (Å²) in [5, 5.41) is 3.75. The SMILES string of the molecule is C=Cc1ccc(N2C([Si])NC3C(C)C(C)C(C)CC32)cc1. The predicted molar refractivity (Wildman–Crippen MR) is 91.4 cm³/mol. The third-order valence-electron chi connectivity index (χ3n) is 5.73. The van der Waals surface area contributed by atoms with E-state index in [4.69, 9.17) is 0 Å². The molecule has 1 aliphatic carbocycles. The van der Waals surface area contributed by atoms with Crippen LogP contribution < -0.4 is 10.2 Å². The van der Waals surface area contributed by atoms with Crippen LogP contribution in [-0.4, -0.2) is 28.1 Å². The van der Waals surface area contributed by atoms with Crippen LogP contribution in [0.1, 0.15) is 32.8 Å². The number of hydrogen-bond donors (Lipinski definition) is 1. The average molecular weight is 297 g/mol. The lowest BCUT2D eigenvalue weighted by Gasteiger charge is -2.43. The standard InChI is InChI=1S/C18H25N2Si/c1-5-14-6-8-15(9-7-14)20-16-10-11(2)12(3)13(4)17(16)19-18(20)21/h5-9,11-13,16-19H,1,10H2,2-4H3. The van der Waals surface area contributed by atoms with E-state index in [9.17, 15) is 0 Å². The Hall–Kier alpha value is -1.06. The minimum Gasteiger partial charge on any atom is -0.355 e. The van der Waals surface area contributed by atoms with E-state index in [1.807, 2.05) is 6.08 Å². The normalized spacial score (nSPS) is 39.1. The summed E-state index contributed by atoms with van der Waals surface area (Å²) in [4.78, 5) is 2.51. The Morgan fingerprint density at radius 3 is 2.48 bits per heavy atom. The molecule has 1 aromatic carbocycles. The molecule has 1 saturated heterocycles. The van der Waals surface area contributed by atoms with Gasteiger partial charge in [0.1, 0.15) is 0 Å². The molecule has 6 unspecified atom stereocenters. The molecule has 0 amide bonds. The summed E-state index contributed by atoms with van der Waals surface area (Å²) in [6.07, 6.45) is 3.15. The van der Waals surface area contributed by atoms with Crippen molar-refractivity contribution in [3.8, 4) is 0 Å². The Labute approximate surface area is 132 Å². The summed E-state index contributed by atoms with van der Waals surface area (Å²) in [5.41, 5.74) is 2.46. The maximum Gasteiger partial charge on any atom is 0.0784 e. The molecule has 21 heavy (non-hydrogen) atoms. The predicted octanol–water partition coefficient (Wildman–Crippen LogP) is 3.24. The zero-order chi connectivity index (χ0) is 15.1. The van der Waals surface area contributed by atoms with Crippen molar-refractivity contribution in [2.45, 2.75) is 45.1 Å². The number of fused-ring (bicyclic) bond motifs is 1. The molecule has 1 N–H and O–H groups in total. The summed E-state index contributed by atoms with van der Waals surface area (Å²) in [6, 6.07) is 9.85. The van der Waals surface area contributed by atoms with Crippen LogP contribution in [0.5, 0.6) is 0 Å². The van der Waals surface area contributed by atoms with Gasteiger partial charge < -0.3 is 4.90 Å². The van der Waals surface area contributed by atoms with E-state index < -0.39 is 0 Å². The molecule has 2 aliphatic rings. The van der Waals surface area contributed by atoms with Gasteiger partial charge >= 0.3 is 0 Å². The number of nitrogens with one attached hydrogen (secondary N) is 1. The largest absolute Gasteiger partial charge is 0.355 e. The van der Waals surface area contributed by atoms with Gasteiger partial charge in [0.25, 0.3) is 0 Å². The molecular weight excluding hydrogens is 272 g/mol. The Bertz CT molecular complexity index is 512. The van der Waals surface area contributed by atoms with E-state index in [1.54, 1.807) is 0 Å². The van der Waals surface area contributed by atoms with Gasteiger partial charge in [0.15, 0.2) is 0 Å². The smallest absolute Gasteiger partial charge is 0.0784 e. The first-order valence-electron chi connectivity index (χ1n) is 8.01.